The van der Waals surface area contributed by atoms with Gasteiger partial charge in [-0.1, -0.05) is 93.7 Å². The Bertz CT molecular complexity index is 1290. The van der Waals surface area contributed by atoms with Crippen molar-refractivity contribution in [1.29, 1.82) is 0 Å². The van der Waals surface area contributed by atoms with E-state index in [1.54, 1.807) is 24.3 Å². The van der Waals surface area contributed by atoms with E-state index in [1.165, 1.54) is 25.3 Å². The van der Waals surface area contributed by atoms with Crippen LogP contribution < -0.4 is 4.74 Å². The SMILES string of the molecule is C/C=C/C1CC=C(c2ccc(-c3ccc(-c4ccc(OCCCCCCCC)c(F)c4F)cc3)cc2F)CC1. The second-order valence-corrected chi connectivity index (χ2v) is 10.4. The van der Waals surface area contributed by atoms with Gasteiger partial charge in [0.15, 0.2) is 11.6 Å². The Morgan fingerprint density at radius 3 is 2.18 bits per heavy atom. The molecule has 0 N–H and O–H groups in total. The van der Waals surface area contributed by atoms with Crippen LogP contribution in [-0.4, -0.2) is 6.61 Å². The lowest BCUT2D eigenvalue weighted by Crippen LogP contribution is -2.03. The van der Waals surface area contributed by atoms with E-state index in [0.717, 1.165) is 55.2 Å². The van der Waals surface area contributed by atoms with Crippen molar-refractivity contribution in [2.75, 3.05) is 6.61 Å². The van der Waals surface area contributed by atoms with E-state index in [-0.39, 0.29) is 17.1 Å². The van der Waals surface area contributed by atoms with Crippen LogP contribution in [0.5, 0.6) is 5.75 Å². The molecule has 4 heteroatoms. The maximum absolute atomic E-state index is 15.1. The summed E-state index contributed by atoms with van der Waals surface area (Å²) in [6, 6.07) is 15.5. The number of benzene rings is 3. The Morgan fingerprint density at radius 1 is 0.795 bits per heavy atom. The van der Waals surface area contributed by atoms with Gasteiger partial charge in [-0.25, -0.2) is 8.78 Å². The molecule has 1 aliphatic carbocycles. The van der Waals surface area contributed by atoms with E-state index < -0.39 is 11.6 Å². The van der Waals surface area contributed by atoms with Gasteiger partial charge in [-0.2, -0.15) is 4.39 Å². The normalized spacial score (nSPS) is 15.5. The summed E-state index contributed by atoms with van der Waals surface area (Å²) in [7, 11) is 0. The monoisotopic (exact) mass is 532 g/mol. The van der Waals surface area contributed by atoms with E-state index in [0.29, 0.717) is 23.7 Å². The minimum Gasteiger partial charge on any atom is -0.490 e. The zero-order valence-corrected chi connectivity index (χ0v) is 23.1. The Morgan fingerprint density at radius 2 is 1.49 bits per heavy atom. The molecule has 3 aromatic rings. The van der Waals surface area contributed by atoms with Crippen molar-refractivity contribution < 1.29 is 17.9 Å². The highest BCUT2D eigenvalue weighted by Crippen LogP contribution is 2.35. The molecule has 0 aromatic heterocycles. The molecule has 1 nitrogen and oxygen atoms in total. The minimum atomic E-state index is -0.964. The standard InChI is InChI=1S/C35H39F3O/c1-3-5-6-7-8-9-23-39-33-22-21-31(34(37)35(33)38)28-17-15-26(16-18-28)29-19-20-30(32(36)24-29)27-13-11-25(10-4-2)12-14-27/h4,10,13,15-22,24-25H,3,5-9,11-12,14,23H2,1-2H3/b10-4+. The lowest BCUT2D eigenvalue weighted by Gasteiger charge is -2.20. The van der Waals surface area contributed by atoms with Gasteiger partial charge in [0, 0.05) is 11.1 Å². The molecular weight excluding hydrogens is 493 g/mol. The number of rotatable bonds is 12. The van der Waals surface area contributed by atoms with E-state index >= 15 is 4.39 Å². The lowest BCUT2D eigenvalue weighted by molar-refractivity contribution is 0.285. The predicted molar refractivity (Wildman–Crippen MR) is 156 cm³/mol. The van der Waals surface area contributed by atoms with Crippen LogP contribution >= 0.6 is 0 Å². The first kappa shape index (κ1) is 28.7. The zero-order valence-electron chi connectivity index (χ0n) is 23.1. The maximum atomic E-state index is 15.1. The van der Waals surface area contributed by atoms with Crippen LogP contribution in [0.25, 0.3) is 27.8 Å². The summed E-state index contributed by atoms with van der Waals surface area (Å²) in [6.45, 7) is 4.58. The molecular formula is C35H39F3O. The highest BCUT2D eigenvalue weighted by Gasteiger charge is 2.18. The summed E-state index contributed by atoms with van der Waals surface area (Å²) in [5, 5.41) is 0. The van der Waals surface area contributed by atoms with Gasteiger partial charge in [0.1, 0.15) is 5.82 Å². The van der Waals surface area contributed by atoms with Crippen molar-refractivity contribution in [3.8, 4) is 28.0 Å². The van der Waals surface area contributed by atoms with Crippen molar-refractivity contribution in [2.45, 2.75) is 71.6 Å². The first-order valence-corrected chi connectivity index (χ1v) is 14.3. The number of allylic oxidation sites excluding steroid dienone is 4. The molecule has 0 amide bonds. The summed E-state index contributed by atoms with van der Waals surface area (Å²) in [5.41, 5.74) is 4.01. The first-order chi connectivity index (χ1) is 19.0. The molecule has 1 atom stereocenters. The molecule has 4 rings (SSSR count). The quantitative estimate of drug-likeness (QED) is 0.166. The molecule has 0 bridgehead atoms. The molecule has 0 saturated heterocycles. The van der Waals surface area contributed by atoms with Crippen LogP contribution in [-0.2, 0) is 0 Å². The van der Waals surface area contributed by atoms with Crippen molar-refractivity contribution in [3.05, 3.63) is 95.8 Å². The predicted octanol–water partition coefficient (Wildman–Crippen LogP) is 10.9. The molecule has 0 aliphatic heterocycles. The molecule has 0 radical (unpaired) electrons. The van der Waals surface area contributed by atoms with Crippen molar-refractivity contribution >= 4 is 5.57 Å². The van der Waals surface area contributed by atoms with Crippen LogP contribution in [0.2, 0.25) is 0 Å². The third-order valence-corrected chi connectivity index (χ3v) is 7.56. The van der Waals surface area contributed by atoms with Crippen LogP contribution in [0.1, 0.15) is 77.2 Å². The third-order valence-electron chi connectivity index (χ3n) is 7.56. The van der Waals surface area contributed by atoms with Gasteiger partial charge in [0.25, 0.3) is 0 Å². The fraction of sp³-hybridized carbons (Fsp3) is 0.371. The second-order valence-electron chi connectivity index (χ2n) is 10.4. The average molecular weight is 533 g/mol. The highest BCUT2D eigenvalue weighted by molar-refractivity contribution is 5.74. The molecule has 3 aromatic carbocycles. The van der Waals surface area contributed by atoms with Gasteiger partial charge < -0.3 is 4.74 Å². The molecule has 0 fully saturated rings. The van der Waals surface area contributed by atoms with Crippen LogP contribution in [0.3, 0.4) is 0 Å². The van der Waals surface area contributed by atoms with Gasteiger partial charge in [-0.15, -0.1) is 0 Å². The molecule has 0 spiro atoms. The summed E-state index contributed by atoms with van der Waals surface area (Å²) >= 11 is 0. The van der Waals surface area contributed by atoms with Gasteiger partial charge in [0.05, 0.1) is 6.61 Å². The van der Waals surface area contributed by atoms with Crippen LogP contribution in [0.15, 0.2) is 72.8 Å². The van der Waals surface area contributed by atoms with Gasteiger partial charge in [-0.05, 0) is 79.0 Å². The topological polar surface area (TPSA) is 9.23 Å². The van der Waals surface area contributed by atoms with E-state index in [9.17, 15) is 8.78 Å². The van der Waals surface area contributed by atoms with Crippen molar-refractivity contribution in [1.82, 2.24) is 0 Å². The molecule has 1 unspecified atom stereocenters. The Balaban J connectivity index is 1.41. The largest absolute Gasteiger partial charge is 0.490 e. The summed E-state index contributed by atoms with van der Waals surface area (Å²) < 4.78 is 50.2. The second kappa shape index (κ2) is 14.2. The first-order valence-electron chi connectivity index (χ1n) is 14.3. The van der Waals surface area contributed by atoms with E-state index in [4.69, 9.17) is 4.74 Å². The molecule has 1 aliphatic rings. The van der Waals surface area contributed by atoms with Crippen molar-refractivity contribution in [2.24, 2.45) is 5.92 Å². The van der Waals surface area contributed by atoms with Gasteiger partial charge in [-0.3, -0.25) is 0 Å². The fourth-order valence-electron chi connectivity index (χ4n) is 5.27. The maximum Gasteiger partial charge on any atom is 0.201 e. The summed E-state index contributed by atoms with van der Waals surface area (Å²) in [6.07, 6.45) is 15.9. The van der Waals surface area contributed by atoms with Crippen LogP contribution in [0, 0.1) is 23.4 Å². The Kier molecular flexibility index (Phi) is 10.5. The number of unbranched alkanes of at least 4 members (excludes halogenated alkanes) is 5. The van der Waals surface area contributed by atoms with Gasteiger partial charge in [0.2, 0.25) is 5.82 Å². The minimum absolute atomic E-state index is 0.0533. The van der Waals surface area contributed by atoms with Crippen molar-refractivity contribution in [3.63, 3.8) is 0 Å². The smallest absolute Gasteiger partial charge is 0.201 e. The number of ether oxygens (including phenoxy) is 1. The summed E-state index contributed by atoms with van der Waals surface area (Å²) in [4.78, 5) is 0. The Hall–Kier alpha value is -3.27. The number of hydrogen-bond donors (Lipinski definition) is 0. The highest BCUT2D eigenvalue weighted by atomic mass is 19.2. The number of hydrogen-bond acceptors (Lipinski definition) is 1. The molecule has 39 heavy (non-hydrogen) atoms. The Labute approximate surface area is 231 Å². The lowest BCUT2D eigenvalue weighted by atomic mass is 9.86. The van der Waals surface area contributed by atoms with E-state index in [2.05, 4.69) is 25.2 Å². The molecule has 0 heterocycles. The molecule has 0 saturated carbocycles. The van der Waals surface area contributed by atoms with Crippen LogP contribution in [0.4, 0.5) is 13.2 Å². The fourth-order valence-corrected chi connectivity index (χ4v) is 5.27. The van der Waals surface area contributed by atoms with E-state index in [1.807, 2.05) is 31.2 Å². The third kappa shape index (κ3) is 7.44. The summed E-state index contributed by atoms with van der Waals surface area (Å²) in [5.74, 6) is -1.64. The average Bonchev–Trinajstić information content (AvgIpc) is 2.95. The van der Waals surface area contributed by atoms with Gasteiger partial charge >= 0.3 is 0 Å². The zero-order chi connectivity index (χ0) is 27.6. The number of halogens is 3. The molecule has 206 valence electrons.